The first-order valence-electron chi connectivity index (χ1n) is 7.83. The maximum Gasteiger partial charge on any atom is 0.119 e. The fourth-order valence-corrected chi connectivity index (χ4v) is 3.10. The van der Waals surface area contributed by atoms with E-state index in [0.29, 0.717) is 11.0 Å². The average Bonchev–Trinajstić information content (AvgIpc) is 2.46. The molecule has 0 radical (unpaired) electrons. The van der Waals surface area contributed by atoms with Crippen molar-refractivity contribution < 1.29 is 4.74 Å². The highest BCUT2D eigenvalue weighted by molar-refractivity contribution is 7.80. The zero-order valence-electron chi connectivity index (χ0n) is 13.0. The van der Waals surface area contributed by atoms with Gasteiger partial charge >= 0.3 is 0 Å². The van der Waals surface area contributed by atoms with Crippen LogP contribution in [0, 0.1) is 5.92 Å². The summed E-state index contributed by atoms with van der Waals surface area (Å²) in [5.41, 5.74) is 6.46. The highest BCUT2D eigenvalue weighted by atomic mass is 32.1. The summed E-state index contributed by atoms with van der Waals surface area (Å²) in [6.45, 7) is 7.80. The first-order chi connectivity index (χ1) is 10.1. The van der Waals surface area contributed by atoms with Gasteiger partial charge in [0.15, 0.2) is 0 Å². The molecule has 1 aromatic rings. The van der Waals surface area contributed by atoms with Crippen LogP contribution in [0.15, 0.2) is 24.3 Å². The van der Waals surface area contributed by atoms with E-state index in [4.69, 9.17) is 22.7 Å². The normalized spacial score (nSPS) is 23.0. The summed E-state index contributed by atoms with van der Waals surface area (Å²) in [5, 5.41) is 0. The number of thiocarbonyl (C=S) groups is 1. The summed E-state index contributed by atoms with van der Waals surface area (Å²) in [6, 6.07) is 8.38. The van der Waals surface area contributed by atoms with Crippen molar-refractivity contribution in [2.75, 3.05) is 19.7 Å². The molecular weight excluding hydrogens is 280 g/mol. The zero-order valence-corrected chi connectivity index (χ0v) is 13.9. The third-order valence-corrected chi connectivity index (χ3v) is 4.51. The molecule has 0 amide bonds. The Labute approximate surface area is 133 Å². The van der Waals surface area contributed by atoms with E-state index in [9.17, 15) is 0 Å². The van der Waals surface area contributed by atoms with Gasteiger partial charge in [0, 0.05) is 18.2 Å². The van der Waals surface area contributed by atoms with Gasteiger partial charge in [-0.05, 0) is 62.9 Å². The first-order valence-corrected chi connectivity index (χ1v) is 8.24. The molecule has 1 heterocycles. The molecule has 0 spiro atoms. The molecule has 0 aromatic heterocycles. The van der Waals surface area contributed by atoms with Crippen molar-refractivity contribution in [3.8, 4) is 5.75 Å². The summed E-state index contributed by atoms with van der Waals surface area (Å²) >= 11 is 4.93. The van der Waals surface area contributed by atoms with Crippen molar-refractivity contribution in [2.45, 2.75) is 39.2 Å². The van der Waals surface area contributed by atoms with Crippen LogP contribution in [-0.2, 0) is 0 Å². The molecular formula is C17H26N2OS. The molecule has 2 N–H and O–H groups in total. The fourth-order valence-electron chi connectivity index (χ4n) is 2.96. The number of likely N-dealkylation sites (tertiary alicyclic amines) is 1. The minimum atomic E-state index is 0.426. The first kappa shape index (κ1) is 16.2. The highest BCUT2D eigenvalue weighted by Crippen LogP contribution is 2.22. The maximum atomic E-state index is 5.78. The number of nitrogens with zero attached hydrogens (tertiary/aromatic N) is 1. The second-order valence-corrected chi connectivity index (χ2v) is 6.55. The lowest BCUT2D eigenvalue weighted by Gasteiger charge is -2.36. The Morgan fingerprint density at radius 1 is 1.33 bits per heavy atom. The van der Waals surface area contributed by atoms with E-state index < -0.39 is 0 Å². The van der Waals surface area contributed by atoms with Crippen LogP contribution < -0.4 is 10.5 Å². The summed E-state index contributed by atoms with van der Waals surface area (Å²) in [5.74, 6) is 1.76. The molecule has 21 heavy (non-hydrogen) atoms. The van der Waals surface area contributed by atoms with E-state index in [1.807, 2.05) is 24.3 Å². The van der Waals surface area contributed by atoms with Gasteiger partial charge in [-0.15, -0.1) is 0 Å². The number of hydrogen-bond donors (Lipinski definition) is 1. The van der Waals surface area contributed by atoms with Crippen LogP contribution in [0.2, 0.25) is 0 Å². The molecule has 2 unspecified atom stereocenters. The van der Waals surface area contributed by atoms with Gasteiger partial charge in [-0.25, -0.2) is 0 Å². The molecule has 1 aromatic carbocycles. The number of nitrogens with two attached hydrogens (primary N) is 1. The van der Waals surface area contributed by atoms with E-state index in [1.54, 1.807) is 0 Å². The number of hydrogen-bond acceptors (Lipinski definition) is 3. The van der Waals surface area contributed by atoms with Crippen LogP contribution in [0.1, 0.15) is 38.7 Å². The lowest BCUT2D eigenvalue weighted by molar-refractivity contribution is 0.121. The van der Waals surface area contributed by atoms with E-state index in [0.717, 1.165) is 36.8 Å². The molecule has 1 aliphatic rings. The lowest BCUT2D eigenvalue weighted by Crippen LogP contribution is -2.41. The summed E-state index contributed by atoms with van der Waals surface area (Å²) in [7, 11) is 0. The predicted molar refractivity (Wildman–Crippen MR) is 91.9 cm³/mol. The molecule has 116 valence electrons. The van der Waals surface area contributed by atoms with Crippen molar-refractivity contribution in [1.29, 1.82) is 0 Å². The van der Waals surface area contributed by atoms with Crippen LogP contribution in [0.25, 0.3) is 0 Å². The molecule has 2 rings (SSSR count). The maximum absolute atomic E-state index is 5.78. The van der Waals surface area contributed by atoms with Gasteiger partial charge in [0.1, 0.15) is 10.7 Å². The van der Waals surface area contributed by atoms with Gasteiger partial charge in [0.25, 0.3) is 0 Å². The molecule has 1 fully saturated rings. The molecule has 0 bridgehead atoms. The van der Waals surface area contributed by atoms with Gasteiger partial charge in [-0.2, -0.15) is 0 Å². The minimum absolute atomic E-state index is 0.426. The van der Waals surface area contributed by atoms with E-state index in [1.165, 1.54) is 19.4 Å². The number of piperidine rings is 1. The number of benzene rings is 1. The fraction of sp³-hybridized carbons (Fsp3) is 0.588. The Hall–Kier alpha value is -1.13. The van der Waals surface area contributed by atoms with E-state index in [-0.39, 0.29) is 0 Å². The third kappa shape index (κ3) is 4.97. The average molecular weight is 306 g/mol. The second kappa shape index (κ2) is 7.76. The van der Waals surface area contributed by atoms with E-state index in [2.05, 4.69) is 18.7 Å². The van der Waals surface area contributed by atoms with Gasteiger partial charge in [-0.1, -0.05) is 19.1 Å². The van der Waals surface area contributed by atoms with Gasteiger partial charge in [0.2, 0.25) is 0 Å². The third-order valence-electron chi connectivity index (χ3n) is 4.27. The highest BCUT2D eigenvalue weighted by Gasteiger charge is 2.21. The molecule has 2 atom stereocenters. The molecule has 1 aliphatic heterocycles. The Kier molecular flexibility index (Phi) is 6.00. The van der Waals surface area contributed by atoms with Crippen LogP contribution >= 0.6 is 12.2 Å². The van der Waals surface area contributed by atoms with Crippen LogP contribution in [0.4, 0.5) is 0 Å². The van der Waals surface area contributed by atoms with Crippen LogP contribution in [0.5, 0.6) is 5.75 Å². The zero-order chi connectivity index (χ0) is 15.2. The standard InChI is InChI=1S/C17H26N2OS/c1-13-8-10-19(14(2)12-13)9-3-11-20-16-6-4-15(5-7-16)17(18)21/h4-7,13-14H,3,8-12H2,1-2H3,(H2,18,21). The molecule has 4 heteroatoms. The summed E-state index contributed by atoms with van der Waals surface area (Å²) < 4.78 is 5.78. The Bertz CT molecular complexity index is 460. The largest absolute Gasteiger partial charge is 0.494 e. The summed E-state index contributed by atoms with van der Waals surface area (Å²) in [4.78, 5) is 3.01. The van der Waals surface area contributed by atoms with Crippen molar-refractivity contribution in [2.24, 2.45) is 11.7 Å². The molecule has 0 aliphatic carbocycles. The van der Waals surface area contributed by atoms with Gasteiger partial charge in [0.05, 0.1) is 6.61 Å². The van der Waals surface area contributed by atoms with Crippen LogP contribution in [0.3, 0.4) is 0 Å². The second-order valence-electron chi connectivity index (χ2n) is 6.11. The minimum Gasteiger partial charge on any atom is -0.494 e. The van der Waals surface area contributed by atoms with Gasteiger partial charge < -0.3 is 15.4 Å². The Balaban J connectivity index is 1.68. The smallest absolute Gasteiger partial charge is 0.119 e. The number of ether oxygens (including phenoxy) is 1. The van der Waals surface area contributed by atoms with Gasteiger partial charge in [-0.3, -0.25) is 0 Å². The van der Waals surface area contributed by atoms with Crippen molar-refractivity contribution in [3.05, 3.63) is 29.8 Å². The monoisotopic (exact) mass is 306 g/mol. The van der Waals surface area contributed by atoms with Crippen LogP contribution in [-0.4, -0.2) is 35.6 Å². The Morgan fingerprint density at radius 3 is 2.67 bits per heavy atom. The van der Waals surface area contributed by atoms with Crippen molar-refractivity contribution in [3.63, 3.8) is 0 Å². The van der Waals surface area contributed by atoms with E-state index >= 15 is 0 Å². The number of rotatable bonds is 6. The topological polar surface area (TPSA) is 38.5 Å². The molecule has 1 saturated heterocycles. The predicted octanol–water partition coefficient (Wildman–Crippen LogP) is 3.21. The molecule has 3 nitrogen and oxygen atoms in total. The quantitative estimate of drug-likeness (QED) is 0.647. The molecule has 0 saturated carbocycles. The SMILES string of the molecule is CC1CCN(CCCOc2ccc(C(N)=S)cc2)C(C)C1. The Morgan fingerprint density at radius 2 is 2.05 bits per heavy atom. The summed E-state index contributed by atoms with van der Waals surface area (Å²) in [6.07, 6.45) is 3.71. The van der Waals surface area contributed by atoms with Crippen molar-refractivity contribution >= 4 is 17.2 Å². The lowest BCUT2D eigenvalue weighted by atomic mass is 9.93. The van der Waals surface area contributed by atoms with Crippen molar-refractivity contribution in [1.82, 2.24) is 4.90 Å².